The van der Waals surface area contributed by atoms with Gasteiger partial charge in [0.2, 0.25) is 0 Å². The van der Waals surface area contributed by atoms with Crippen LogP contribution in [0, 0.1) is 0 Å². The molecule has 0 aliphatic heterocycles. The Balaban J connectivity index is 0.00000946. The van der Waals surface area contributed by atoms with Crippen LogP contribution in [0.2, 0.25) is 0 Å². The van der Waals surface area contributed by atoms with Crippen LogP contribution in [-0.4, -0.2) is 104 Å². The molecule has 8 rings (SSSR count). The average molecular weight is 1470 g/mol. The van der Waals surface area contributed by atoms with Gasteiger partial charge in [-0.1, -0.05) is 60.7 Å². The fraction of sp³-hybridized carbons (Fsp3) is 0.0435. The van der Waals surface area contributed by atoms with Crippen molar-refractivity contribution in [1.82, 2.24) is 0 Å². The normalized spacial score (nSPS) is 12.2. The Morgan fingerprint density at radius 3 is 0.670 bits per heavy atom. The van der Waals surface area contributed by atoms with Crippen molar-refractivity contribution in [3.8, 4) is 11.1 Å². The summed E-state index contributed by atoms with van der Waals surface area (Å²) in [5.74, 6) is 0. The minimum atomic E-state index is -5.84. The summed E-state index contributed by atoms with van der Waals surface area (Å²) in [6.07, 6.45) is -1.77. The second-order valence-electron chi connectivity index (χ2n) is 17.0. The molecule has 24 nitrogen and oxygen atoms in total. The molecule has 0 atom stereocenters. The van der Waals surface area contributed by atoms with E-state index in [1.165, 1.54) is 24.3 Å². The first-order chi connectivity index (χ1) is 36.7. The summed E-state index contributed by atoms with van der Waals surface area (Å²) in [7, 11) is -49.7. The van der Waals surface area contributed by atoms with Crippen LogP contribution in [0.4, 0.5) is 0 Å². The van der Waals surface area contributed by atoms with Crippen molar-refractivity contribution in [2.45, 2.75) is 51.5 Å². The Labute approximate surface area is 686 Å². The van der Waals surface area contributed by atoms with Crippen molar-refractivity contribution in [2.75, 3.05) is 0 Å². The molecular formula is C46H28Na8O24P2S8. The van der Waals surface area contributed by atoms with Crippen LogP contribution in [0.1, 0.15) is 11.1 Å². The van der Waals surface area contributed by atoms with E-state index in [0.29, 0.717) is 48.5 Å². The maximum Gasteiger partial charge on any atom is 1.00 e. The van der Waals surface area contributed by atoms with E-state index < -0.39 is 192 Å². The third-order valence-corrected chi connectivity index (χ3v) is 23.7. The van der Waals surface area contributed by atoms with Gasteiger partial charge < -0.3 is 36.4 Å². The maximum absolute atomic E-state index is 13.4. The van der Waals surface area contributed by atoms with Crippen LogP contribution in [0.15, 0.2) is 185 Å². The Hall–Kier alpha value is 2.42. The second kappa shape index (κ2) is 34.5. The zero-order valence-corrected chi connectivity index (χ0v) is 71.5. The van der Waals surface area contributed by atoms with Gasteiger partial charge in [0.15, 0.2) is 0 Å². The summed E-state index contributed by atoms with van der Waals surface area (Å²) in [5.41, 5.74) is -2.43. The molecule has 0 fully saturated rings. The molecule has 0 bridgehead atoms. The molecular weight excluding hydrogens is 1440 g/mol. The fourth-order valence-electron chi connectivity index (χ4n) is 8.65. The minimum Gasteiger partial charge on any atom is -0.744 e. The monoisotopic (exact) mass is 1470 g/mol. The van der Waals surface area contributed by atoms with Crippen molar-refractivity contribution in [3.63, 3.8) is 0 Å². The standard InChI is InChI=1S/C46H36O24P2S8.8Na/c47-73(48,49)33-9-1-5-29(19-33)71(30-6-2-10-34(20-30)74(50,51)52)25-27-17-43(79(65,66)67)39-15-13-37(77(59,60)61)23-41(39)45(27)46-28(18-44(80(68,69)70)40-16-14-38(24-42(40)46)78(62,63)64)26-72(31-7-3-11-35(21-31)75(53,54)55)32-8-4-12-36(22-32)76(56,57)58;;;;;;;;/h1-24H,25-26H2,(H,47,48,49)(H,50,51,52)(H,53,54,55)(H,56,57,58)(H,59,60,61)(H,62,63,64)(H,65,66,67)(H,68,69,70);;;;;;;;/q;8*+1/p-8. The quantitative estimate of drug-likeness (QED) is 0.0464. The van der Waals surface area contributed by atoms with E-state index >= 15 is 0 Å². The summed E-state index contributed by atoms with van der Waals surface area (Å²) >= 11 is 0. The van der Waals surface area contributed by atoms with E-state index in [2.05, 4.69) is 0 Å². The third kappa shape index (κ3) is 21.7. The van der Waals surface area contributed by atoms with Gasteiger partial charge in [0.25, 0.3) is 0 Å². The number of hydrogen-bond acceptors (Lipinski definition) is 24. The van der Waals surface area contributed by atoms with Crippen molar-refractivity contribution in [1.29, 1.82) is 0 Å². The molecule has 88 heavy (non-hydrogen) atoms. The summed E-state index contributed by atoms with van der Waals surface area (Å²) in [6.45, 7) is 0. The fourth-order valence-corrected chi connectivity index (χ4v) is 18.3. The third-order valence-electron chi connectivity index (χ3n) is 12.0. The molecule has 0 aliphatic carbocycles. The van der Waals surface area contributed by atoms with E-state index in [-0.39, 0.29) is 258 Å². The molecule has 0 amide bonds. The molecule has 0 radical (unpaired) electrons. The summed E-state index contributed by atoms with van der Waals surface area (Å²) in [4.78, 5) is -8.43. The van der Waals surface area contributed by atoms with Gasteiger partial charge in [-0.25, -0.2) is 67.3 Å². The molecule has 42 heteroatoms. The first kappa shape index (κ1) is 90.4. The molecule has 0 aliphatic rings. The van der Waals surface area contributed by atoms with Crippen LogP contribution >= 0.6 is 15.8 Å². The SMILES string of the molecule is O=S(=O)([O-])c1cccc(P(Cc2cc(S(=O)(=O)[O-])c3ccc(S(=O)(=O)[O-])cc3c2-c2c(CP(c3cccc(S(=O)(=O)[O-])c3)c3cccc(S(=O)(=O)[O-])c3)cc(S(=O)(=O)[O-])c3ccc(S(=O)(=O)[O-])cc23)c2cccc(S(=O)(=O)[O-])c2)c1.[Na+].[Na+].[Na+].[Na+].[Na+].[Na+].[Na+].[Na+]. The van der Waals surface area contributed by atoms with Gasteiger partial charge in [-0.2, -0.15) is 0 Å². The van der Waals surface area contributed by atoms with Gasteiger partial charge >= 0.3 is 236 Å². The van der Waals surface area contributed by atoms with Gasteiger partial charge in [0.1, 0.15) is 80.9 Å². The summed E-state index contributed by atoms with van der Waals surface area (Å²) in [6, 6.07) is 20.4. The first-order valence-electron chi connectivity index (χ1n) is 21.5. The summed E-state index contributed by atoms with van der Waals surface area (Å²) in [5, 5.41) is -3.83. The largest absolute Gasteiger partial charge is 1.00 e. The topological polar surface area (TPSA) is 458 Å². The predicted molar refractivity (Wildman–Crippen MR) is 276 cm³/mol. The van der Waals surface area contributed by atoms with Gasteiger partial charge in [-0.3, -0.25) is 0 Å². The molecule has 0 spiro atoms. The van der Waals surface area contributed by atoms with E-state index in [4.69, 9.17) is 0 Å². The van der Waals surface area contributed by atoms with Crippen LogP contribution in [-0.2, 0) is 93.3 Å². The number of hydrogen-bond donors (Lipinski definition) is 0. The van der Waals surface area contributed by atoms with E-state index in [0.717, 1.165) is 72.8 Å². The zero-order chi connectivity index (χ0) is 59.1. The zero-order valence-electron chi connectivity index (χ0n) is 47.2. The smallest absolute Gasteiger partial charge is 0.744 e. The van der Waals surface area contributed by atoms with Crippen molar-refractivity contribution in [3.05, 3.63) is 157 Å². The van der Waals surface area contributed by atoms with Crippen LogP contribution in [0.3, 0.4) is 0 Å². The molecule has 0 saturated heterocycles. The van der Waals surface area contributed by atoms with Crippen molar-refractivity contribution >= 4 is 140 Å². The van der Waals surface area contributed by atoms with Crippen LogP contribution in [0.25, 0.3) is 32.7 Å². The van der Waals surface area contributed by atoms with E-state index in [9.17, 15) is 104 Å². The molecule has 0 unspecified atom stereocenters. The minimum absolute atomic E-state index is 0. The molecule has 8 aromatic rings. The Bertz CT molecular complexity index is 4480. The molecule has 0 N–H and O–H groups in total. The average Bonchev–Trinajstić information content (AvgIpc) is 0.737. The van der Waals surface area contributed by atoms with Crippen molar-refractivity contribution in [2.24, 2.45) is 0 Å². The van der Waals surface area contributed by atoms with E-state index in [1.807, 2.05) is 0 Å². The molecule has 0 saturated carbocycles. The van der Waals surface area contributed by atoms with E-state index in [1.54, 1.807) is 0 Å². The predicted octanol–water partition coefficient (Wildman–Crippen LogP) is -21.8. The Morgan fingerprint density at radius 2 is 0.466 bits per heavy atom. The second-order valence-corrected chi connectivity index (χ2v) is 32.4. The Morgan fingerprint density at radius 1 is 0.250 bits per heavy atom. The van der Waals surface area contributed by atoms with Gasteiger partial charge in [-0.15, -0.1) is 0 Å². The molecule has 0 aromatic heterocycles. The van der Waals surface area contributed by atoms with Crippen molar-refractivity contribution < 1.29 is 340 Å². The number of benzene rings is 8. The molecule has 8 aromatic carbocycles. The maximum atomic E-state index is 13.4. The molecule has 422 valence electrons. The summed E-state index contributed by atoms with van der Waals surface area (Å²) < 4.78 is 308. The molecule has 0 heterocycles. The van der Waals surface area contributed by atoms with Gasteiger partial charge in [0, 0.05) is 12.3 Å². The number of fused-ring (bicyclic) bond motifs is 2. The Kier molecular flexibility index (Phi) is 35.4. The van der Waals surface area contributed by atoms with Gasteiger partial charge in [-0.05, 0) is 166 Å². The first-order valence-corrected chi connectivity index (χ1v) is 35.9. The van der Waals surface area contributed by atoms with Crippen LogP contribution < -0.4 is 258 Å². The number of rotatable bonds is 17. The van der Waals surface area contributed by atoms with Crippen LogP contribution in [0.5, 0.6) is 0 Å². The van der Waals surface area contributed by atoms with Gasteiger partial charge in [0.05, 0.1) is 39.2 Å².